The fourth-order valence-corrected chi connectivity index (χ4v) is 5.18. The van der Waals surface area contributed by atoms with Crippen molar-refractivity contribution in [2.75, 3.05) is 0 Å². The number of benzene rings is 3. The molecule has 2 N–H and O–H groups in total. The third-order valence-electron chi connectivity index (χ3n) is 7.70. The lowest BCUT2D eigenvalue weighted by Crippen LogP contribution is -2.26. The zero-order chi connectivity index (χ0) is 27.8. The summed E-state index contributed by atoms with van der Waals surface area (Å²) >= 11 is 6.26. The summed E-state index contributed by atoms with van der Waals surface area (Å²) in [6, 6.07) is 19.7. The summed E-state index contributed by atoms with van der Waals surface area (Å²) in [6.07, 6.45) is 1.49. The van der Waals surface area contributed by atoms with Crippen LogP contribution in [0.15, 0.2) is 60.7 Å². The average molecular weight is 545 g/mol. The molecule has 0 bridgehead atoms. The predicted octanol–water partition coefficient (Wildman–Crippen LogP) is 7.18. The Morgan fingerprint density at radius 3 is 2.56 bits per heavy atom. The van der Waals surface area contributed by atoms with Crippen LogP contribution < -0.4 is 10.1 Å². The summed E-state index contributed by atoms with van der Waals surface area (Å²) in [5.41, 5.74) is 7.24. The lowest BCUT2D eigenvalue weighted by atomic mass is 10.0. The minimum Gasteiger partial charge on any atom is -0.479 e. The Kier molecular flexibility index (Phi) is 7.41. The van der Waals surface area contributed by atoms with Crippen LogP contribution in [0.4, 0.5) is 0 Å². The van der Waals surface area contributed by atoms with Crippen LogP contribution in [0.2, 0.25) is 5.02 Å². The Balaban J connectivity index is 1.37. The highest BCUT2D eigenvalue weighted by Gasteiger charge is 2.24. The molecule has 5 rings (SSSR count). The van der Waals surface area contributed by atoms with Crippen molar-refractivity contribution in [1.29, 1.82) is 0 Å². The van der Waals surface area contributed by atoms with Gasteiger partial charge in [-0.05, 0) is 99.0 Å². The molecule has 0 aliphatic heterocycles. The average Bonchev–Trinajstić information content (AvgIpc) is 3.75. The van der Waals surface area contributed by atoms with Gasteiger partial charge in [-0.1, -0.05) is 41.9 Å². The van der Waals surface area contributed by atoms with E-state index >= 15 is 0 Å². The van der Waals surface area contributed by atoms with E-state index in [1.807, 2.05) is 31.2 Å². The van der Waals surface area contributed by atoms with E-state index in [-0.39, 0.29) is 11.9 Å². The topological polar surface area (TPSA) is 80.6 Å². The second-order valence-electron chi connectivity index (χ2n) is 10.5. The zero-order valence-electron chi connectivity index (χ0n) is 22.6. The van der Waals surface area contributed by atoms with Gasteiger partial charge < -0.3 is 19.7 Å². The minimum absolute atomic E-state index is 0.0931. The van der Waals surface area contributed by atoms with Crippen molar-refractivity contribution in [2.24, 2.45) is 0 Å². The van der Waals surface area contributed by atoms with Crippen LogP contribution in [0.5, 0.6) is 5.75 Å². The van der Waals surface area contributed by atoms with Gasteiger partial charge in [-0.25, -0.2) is 4.79 Å². The molecule has 1 unspecified atom stereocenters. The van der Waals surface area contributed by atoms with Gasteiger partial charge in [0, 0.05) is 28.7 Å². The second-order valence-corrected chi connectivity index (χ2v) is 10.9. The molecule has 4 aromatic rings. The molecule has 0 radical (unpaired) electrons. The molecular formula is C32H33ClN2O4. The first-order chi connectivity index (χ1) is 18.6. The van der Waals surface area contributed by atoms with E-state index < -0.39 is 12.1 Å². The second kappa shape index (κ2) is 10.8. The van der Waals surface area contributed by atoms with Crippen LogP contribution in [0.3, 0.4) is 0 Å². The number of halogens is 1. The van der Waals surface area contributed by atoms with Crippen LogP contribution in [-0.4, -0.2) is 27.7 Å². The molecule has 1 amide bonds. The molecule has 202 valence electrons. The number of aliphatic carboxylic acids is 1. The smallest absolute Gasteiger partial charge is 0.344 e. The first-order valence-electron chi connectivity index (χ1n) is 13.3. The molecule has 1 aromatic heterocycles. The predicted molar refractivity (Wildman–Crippen MR) is 154 cm³/mol. The monoisotopic (exact) mass is 544 g/mol. The van der Waals surface area contributed by atoms with Crippen molar-refractivity contribution in [3.8, 4) is 5.75 Å². The molecule has 6 nitrogen and oxygen atoms in total. The maximum absolute atomic E-state index is 13.2. The van der Waals surface area contributed by atoms with Gasteiger partial charge in [0.25, 0.3) is 5.91 Å². The van der Waals surface area contributed by atoms with E-state index in [0.29, 0.717) is 28.8 Å². The lowest BCUT2D eigenvalue weighted by Gasteiger charge is -2.16. The minimum atomic E-state index is -1.06. The number of rotatable bonds is 9. The number of nitrogens with one attached hydrogen (secondary N) is 1. The lowest BCUT2D eigenvalue weighted by molar-refractivity contribution is -0.144. The Hall–Kier alpha value is -3.77. The highest BCUT2D eigenvalue weighted by molar-refractivity contribution is 6.32. The molecular weight excluding hydrogens is 512 g/mol. The molecule has 1 saturated carbocycles. The number of aryl methyl sites for hydroxylation is 1. The van der Waals surface area contributed by atoms with Crippen LogP contribution in [0.1, 0.15) is 77.0 Å². The number of hydrogen-bond donors (Lipinski definition) is 2. The summed E-state index contributed by atoms with van der Waals surface area (Å²) in [5, 5.41) is 13.7. The number of carboxylic acid groups (broad SMARTS) is 1. The Morgan fingerprint density at radius 1 is 1.08 bits per heavy atom. The van der Waals surface area contributed by atoms with Gasteiger partial charge in [0.2, 0.25) is 0 Å². The first-order valence-corrected chi connectivity index (χ1v) is 13.7. The number of carbonyl (C=O) groups is 2. The Labute approximate surface area is 233 Å². The van der Waals surface area contributed by atoms with Crippen LogP contribution in [0, 0.1) is 13.8 Å². The Bertz CT molecular complexity index is 1570. The van der Waals surface area contributed by atoms with Crippen molar-refractivity contribution in [3.63, 3.8) is 0 Å². The van der Waals surface area contributed by atoms with Gasteiger partial charge in [-0.15, -0.1) is 0 Å². The summed E-state index contributed by atoms with van der Waals surface area (Å²) in [7, 11) is 0. The molecule has 0 saturated heterocycles. The molecule has 1 fully saturated rings. The third kappa shape index (κ3) is 5.66. The molecule has 3 aromatic carbocycles. The van der Waals surface area contributed by atoms with Crippen molar-refractivity contribution in [3.05, 3.63) is 99.2 Å². The van der Waals surface area contributed by atoms with Crippen LogP contribution in [0.25, 0.3) is 10.9 Å². The number of carbonyl (C=O) groups excluding carboxylic acids is 1. The van der Waals surface area contributed by atoms with Gasteiger partial charge >= 0.3 is 5.97 Å². The third-order valence-corrected chi connectivity index (χ3v) is 8.01. The SMILES string of the molecule is Cc1c(C)n(Cc2ccc(Cl)c(OC(C)C(=O)O)c2)c2ccc(C(=O)N[C@@H](C)c3cccc(C4CC4)c3)cc12. The number of ether oxygens (including phenoxy) is 1. The number of aromatic nitrogens is 1. The van der Waals surface area contributed by atoms with Crippen LogP contribution in [-0.2, 0) is 11.3 Å². The summed E-state index contributed by atoms with van der Waals surface area (Å²) in [5.74, 6) is -0.144. The molecule has 7 heteroatoms. The zero-order valence-corrected chi connectivity index (χ0v) is 23.4. The normalized spacial score (nSPS) is 14.7. The van der Waals surface area contributed by atoms with Crippen molar-refractivity contribution < 1.29 is 19.4 Å². The molecule has 1 heterocycles. The molecule has 1 aliphatic rings. The summed E-state index contributed by atoms with van der Waals surface area (Å²) in [6.45, 7) is 8.16. The molecule has 1 aliphatic carbocycles. The van der Waals surface area contributed by atoms with Gasteiger partial charge in [-0.3, -0.25) is 4.79 Å². The van der Waals surface area contributed by atoms with E-state index in [9.17, 15) is 14.7 Å². The van der Waals surface area contributed by atoms with Gasteiger partial charge in [0.15, 0.2) is 6.10 Å². The largest absolute Gasteiger partial charge is 0.479 e. The number of nitrogens with zero attached hydrogens (tertiary/aromatic N) is 1. The fraction of sp³-hybridized carbons (Fsp3) is 0.312. The van der Waals surface area contributed by atoms with E-state index in [2.05, 4.69) is 48.0 Å². The highest BCUT2D eigenvalue weighted by Crippen LogP contribution is 2.40. The standard InChI is InChI=1S/C32H33ClN2O4/c1-18-20(3)35(17-22-8-12-28(33)30(14-22)39-21(4)32(37)38)29-13-11-26(16-27(18)29)31(36)34-19(2)24-6-5-7-25(15-24)23-9-10-23/h5-8,11-16,19,21,23H,9-10,17H2,1-4H3,(H,34,36)(H,37,38)/t19-,21?/m0/s1. The van der Waals surface area contributed by atoms with Crippen LogP contribution >= 0.6 is 11.6 Å². The Morgan fingerprint density at radius 2 is 1.85 bits per heavy atom. The fourth-order valence-electron chi connectivity index (χ4n) is 5.02. The summed E-state index contributed by atoms with van der Waals surface area (Å²) < 4.78 is 7.74. The molecule has 0 spiro atoms. The van der Waals surface area contributed by atoms with Gasteiger partial charge in [0.05, 0.1) is 11.1 Å². The first kappa shape index (κ1) is 26.8. The summed E-state index contributed by atoms with van der Waals surface area (Å²) in [4.78, 5) is 24.4. The van der Waals surface area contributed by atoms with Crippen molar-refractivity contribution in [2.45, 2.75) is 65.1 Å². The number of amides is 1. The maximum atomic E-state index is 13.2. The molecule has 2 atom stereocenters. The quantitative estimate of drug-likeness (QED) is 0.234. The van der Waals surface area contributed by atoms with E-state index in [4.69, 9.17) is 16.3 Å². The highest BCUT2D eigenvalue weighted by atomic mass is 35.5. The van der Waals surface area contributed by atoms with E-state index in [0.717, 1.165) is 33.3 Å². The number of fused-ring (bicyclic) bond motifs is 1. The van der Waals surface area contributed by atoms with E-state index in [1.54, 1.807) is 12.1 Å². The van der Waals surface area contributed by atoms with Gasteiger partial charge in [0.1, 0.15) is 5.75 Å². The van der Waals surface area contributed by atoms with Crippen molar-refractivity contribution >= 4 is 34.4 Å². The number of hydrogen-bond acceptors (Lipinski definition) is 3. The van der Waals surface area contributed by atoms with Crippen molar-refractivity contribution in [1.82, 2.24) is 9.88 Å². The van der Waals surface area contributed by atoms with Gasteiger partial charge in [-0.2, -0.15) is 0 Å². The molecule has 39 heavy (non-hydrogen) atoms. The van der Waals surface area contributed by atoms with E-state index in [1.165, 1.54) is 25.3 Å². The number of carboxylic acids is 1. The maximum Gasteiger partial charge on any atom is 0.344 e.